The van der Waals surface area contributed by atoms with E-state index >= 15 is 0 Å². The Labute approximate surface area is 78.6 Å². The standard InChI is InChI=1S/C8H7NO5/c10-7-5-2-1-3-8(11,9(12)13)6(5)4-14-7/h1-3,6,11H,4H2. The van der Waals surface area contributed by atoms with Gasteiger partial charge in [0.15, 0.2) is 0 Å². The van der Waals surface area contributed by atoms with Crippen LogP contribution in [0.4, 0.5) is 0 Å². The summed E-state index contributed by atoms with van der Waals surface area (Å²) in [6, 6.07) is 0. The van der Waals surface area contributed by atoms with Crippen LogP contribution in [0, 0.1) is 16.0 Å². The summed E-state index contributed by atoms with van der Waals surface area (Å²) in [7, 11) is 0. The number of fused-ring (bicyclic) bond motifs is 1. The number of nitro groups is 1. The summed E-state index contributed by atoms with van der Waals surface area (Å²) in [5, 5.41) is 20.3. The third-order valence-electron chi connectivity index (χ3n) is 2.41. The molecule has 74 valence electrons. The normalized spacial score (nSPS) is 34.8. The lowest BCUT2D eigenvalue weighted by Gasteiger charge is -2.22. The van der Waals surface area contributed by atoms with Gasteiger partial charge in [0.2, 0.25) is 0 Å². The molecule has 14 heavy (non-hydrogen) atoms. The van der Waals surface area contributed by atoms with Gasteiger partial charge in [-0.1, -0.05) is 12.2 Å². The lowest BCUT2D eigenvalue weighted by atomic mass is 9.87. The molecule has 0 bridgehead atoms. The van der Waals surface area contributed by atoms with Crippen molar-refractivity contribution >= 4 is 5.97 Å². The zero-order valence-electron chi connectivity index (χ0n) is 7.04. The Morgan fingerprint density at radius 1 is 1.71 bits per heavy atom. The van der Waals surface area contributed by atoms with E-state index in [0.717, 1.165) is 6.08 Å². The molecule has 0 radical (unpaired) electrons. The molecule has 1 fully saturated rings. The first kappa shape index (κ1) is 8.89. The van der Waals surface area contributed by atoms with Crippen molar-refractivity contribution in [2.24, 2.45) is 5.92 Å². The number of hydrogen-bond donors (Lipinski definition) is 1. The molecule has 2 rings (SSSR count). The smallest absolute Gasteiger partial charge is 0.352 e. The molecule has 1 saturated heterocycles. The molecule has 2 atom stereocenters. The van der Waals surface area contributed by atoms with Crippen LogP contribution < -0.4 is 0 Å². The summed E-state index contributed by atoms with van der Waals surface area (Å²) in [6.07, 6.45) is 3.78. The van der Waals surface area contributed by atoms with Gasteiger partial charge in [0.05, 0.1) is 10.5 Å². The van der Waals surface area contributed by atoms with Gasteiger partial charge in [0, 0.05) is 6.08 Å². The molecule has 0 spiro atoms. The van der Waals surface area contributed by atoms with E-state index in [1.165, 1.54) is 12.2 Å². The van der Waals surface area contributed by atoms with Crippen molar-refractivity contribution in [1.82, 2.24) is 0 Å². The number of rotatable bonds is 1. The molecule has 0 saturated carbocycles. The number of hydrogen-bond acceptors (Lipinski definition) is 5. The Hall–Kier alpha value is -1.69. The summed E-state index contributed by atoms with van der Waals surface area (Å²) in [4.78, 5) is 20.9. The van der Waals surface area contributed by atoms with Crippen LogP contribution in [0.1, 0.15) is 0 Å². The average molecular weight is 197 g/mol. The number of allylic oxidation sites excluding steroid dienone is 2. The highest BCUT2D eigenvalue weighted by Gasteiger charge is 2.55. The predicted molar refractivity (Wildman–Crippen MR) is 43.6 cm³/mol. The molecule has 1 N–H and O–H groups in total. The molecule has 0 aromatic heterocycles. The number of nitrogens with zero attached hydrogens (tertiary/aromatic N) is 1. The topological polar surface area (TPSA) is 89.7 Å². The fraction of sp³-hybridized carbons (Fsp3) is 0.375. The molecule has 2 unspecified atom stereocenters. The van der Waals surface area contributed by atoms with E-state index in [0.29, 0.717) is 0 Å². The van der Waals surface area contributed by atoms with Gasteiger partial charge in [-0.15, -0.1) is 0 Å². The monoisotopic (exact) mass is 197 g/mol. The minimum Gasteiger partial charge on any atom is -0.461 e. The fourth-order valence-electron chi connectivity index (χ4n) is 1.61. The van der Waals surface area contributed by atoms with Crippen LogP contribution in [-0.2, 0) is 9.53 Å². The quantitative estimate of drug-likeness (QED) is 0.268. The first-order valence-electron chi connectivity index (χ1n) is 3.99. The lowest BCUT2D eigenvalue weighted by molar-refractivity contribution is -0.617. The summed E-state index contributed by atoms with van der Waals surface area (Å²) < 4.78 is 4.63. The Morgan fingerprint density at radius 2 is 2.43 bits per heavy atom. The Bertz CT molecular complexity index is 372. The molecule has 1 aliphatic heterocycles. The molecular formula is C8H7NO5. The minimum absolute atomic E-state index is 0.146. The Morgan fingerprint density at radius 3 is 3.07 bits per heavy atom. The highest BCUT2D eigenvalue weighted by Crippen LogP contribution is 2.35. The van der Waals surface area contributed by atoms with Crippen LogP contribution in [0.3, 0.4) is 0 Å². The minimum atomic E-state index is -2.21. The van der Waals surface area contributed by atoms with Crippen LogP contribution in [0.25, 0.3) is 0 Å². The van der Waals surface area contributed by atoms with Crippen molar-refractivity contribution < 1.29 is 19.6 Å². The van der Waals surface area contributed by atoms with E-state index in [1.54, 1.807) is 0 Å². The van der Waals surface area contributed by atoms with E-state index in [4.69, 9.17) is 0 Å². The molecule has 1 aliphatic carbocycles. The largest absolute Gasteiger partial charge is 0.461 e. The van der Waals surface area contributed by atoms with E-state index in [2.05, 4.69) is 4.74 Å². The highest BCUT2D eigenvalue weighted by molar-refractivity contribution is 5.92. The number of ether oxygens (including phenoxy) is 1. The van der Waals surface area contributed by atoms with Gasteiger partial charge in [-0.3, -0.25) is 10.1 Å². The van der Waals surface area contributed by atoms with Gasteiger partial charge < -0.3 is 9.84 Å². The number of esters is 1. The second-order valence-electron chi connectivity index (χ2n) is 3.17. The molecule has 2 aliphatic rings. The SMILES string of the molecule is O=C1OCC2C1=CC=CC2(O)[N+](=O)[O-]. The van der Waals surface area contributed by atoms with Crippen molar-refractivity contribution in [2.45, 2.75) is 5.72 Å². The number of carbonyl (C=O) groups is 1. The second-order valence-corrected chi connectivity index (χ2v) is 3.17. The van der Waals surface area contributed by atoms with Crippen molar-refractivity contribution in [3.05, 3.63) is 33.9 Å². The van der Waals surface area contributed by atoms with Gasteiger partial charge in [-0.25, -0.2) is 4.79 Å². The molecule has 6 heteroatoms. The van der Waals surface area contributed by atoms with E-state index < -0.39 is 22.5 Å². The highest BCUT2D eigenvalue weighted by atomic mass is 16.7. The first-order valence-corrected chi connectivity index (χ1v) is 3.99. The van der Waals surface area contributed by atoms with Crippen LogP contribution in [0.5, 0.6) is 0 Å². The van der Waals surface area contributed by atoms with E-state index in [9.17, 15) is 20.0 Å². The maximum absolute atomic E-state index is 11.1. The third-order valence-corrected chi connectivity index (χ3v) is 2.41. The van der Waals surface area contributed by atoms with Crippen LogP contribution in [0.2, 0.25) is 0 Å². The third kappa shape index (κ3) is 0.973. The first-order chi connectivity index (χ1) is 6.55. The maximum atomic E-state index is 11.1. The fourth-order valence-corrected chi connectivity index (χ4v) is 1.61. The van der Waals surface area contributed by atoms with Gasteiger partial charge >= 0.3 is 11.7 Å². The van der Waals surface area contributed by atoms with Crippen LogP contribution in [0.15, 0.2) is 23.8 Å². The molecule has 1 heterocycles. The Kier molecular flexibility index (Phi) is 1.68. The predicted octanol–water partition coefficient (Wildman–Crippen LogP) is -0.379. The maximum Gasteiger partial charge on any atom is 0.352 e. The number of carbonyl (C=O) groups excluding carboxylic acids is 1. The van der Waals surface area contributed by atoms with Crippen molar-refractivity contribution in [3.63, 3.8) is 0 Å². The van der Waals surface area contributed by atoms with Crippen molar-refractivity contribution in [2.75, 3.05) is 6.61 Å². The molecule has 0 amide bonds. The zero-order chi connectivity index (χ0) is 10.3. The van der Waals surface area contributed by atoms with Gasteiger partial charge in [-0.2, -0.15) is 0 Å². The second kappa shape index (κ2) is 2.65. The molecular weight excluding hydrogens is 190 g/mol. The summed E-state index contributed by atoms with van der Waals surface area (Å²) in [5.41, 5.74) is -2.05. The van der Waals surface area contributed by atoms with Gasteiger partial charge in [0.25, 0.3) is 0 Å². The number of cyclic esters (lactones) is 1. The summed E-state index contributed by atoms with van der Waals surface area (Å²) in [5.74, 6) is -1.49. The van der Waals surface area contributed by atoms with E-state index in [1.807, 2.05) is 0 Å². The molecule has 0 aromatic carbocycles. The summed E-state index contributed by atoms with van der Waals surface area (Å²) in [6.45, 7) is -0.146. The van der Waals surface area contributed by atoms with Gasteiger partial charge in [-0.05, 0) is 0 Å². The van der Waals surface area contributed by atoms with Crippen LogP contribution >= 0.6 is 0 Å². The van der Waals surface area contributed by atoms with Crippen molar-refractivity contribution in [1.29, 1.82) is 0 Å². The van der Waals surface area contributed by atoms with Crippen LogP contribution in [-0.4, -0.2) is 28.3 Å². The van der Waals surface area contributed by atoms with Crippen molar-refractivity contribution in [3.8, 4) is 0 Å². The molecule has 6 nitrogen and oxygen atoms in total. The number of aliphatic hydroxyl groups is 1. The Balaban J connectivity index is 2.44. The van der Waals surface area contributed by atoms with Gasteiger partial charge in [0.1, 0.15) is 12.5 Å². The molecule has 0 aromatic rings. The zero-order valence-corrected chi connectivity index (χ0v) is 7.04. The van der Waals surface area contributed by atoms with E-state index in [-0.39, 0.29) is 12.2 Å². The average Bonchev–Trinajstić information content (AvgIpc) is 2.50. The lowest BCUT2D eigenvalue weighted by Crippen LogP contribution is -2.46. The summed E-state index contributed by atoms with van der Waals surface area (Å²) >= 11 is 0.